The van der Waals surface area contributed by atoms with E-state index in [2.05, 4.69) is 61.7 Å². The lowest BCUT2D eigenvalue weighted by molar-refractivity contribution is -0.0292. The second kappa shape index (κ2) is 32.3. The molecule has 1 aromatic heterocycles. The molecule has 0 spiro atoms. The number of aromatic nitrogens is 2. The minimum Gasteiger partial charge on any atom is -0.495 e. The zero-order valence-corrected chi connectivity index (χ0v) is 51.0. The highest BCUT2D eigenvalue weighted by atomic mass is 33.1. The molecule has 1 saturated heterocycles. The predicted molar refractivity (Wildman–Crippen MR) is 318 cm³/mol. The molecule has 0 saturated carbocycles. The summed E-state index contributed by atoms with van der Waals surface area (Å²) in [5.74, 6) is 4.36. The van der Waals surface area contributed by atoms with E-state index in [0.29, 0.717) is 89.9 Å². The summed E-state index contributed by atoms with van der Waals surface area (Å²) < 4.78 is 71.4. The van der Waals surface area contributed by atoms with Crippen LogP contribution in [0.3, 0.4) is 0 Å². The highest BCUT2D eigenvalue weighted by Crippen LogP contribution is 2.66. The van der Waals surface area contributed by atoms with E-state index >= 15 is 0 Å². The van der Waals surface area contributed by atoms with Crippen molar-refractivity contribution >= 4 is 79.6 Å². The smallest absolute Gasteiger partial charge is 0.490 e. The maximum Gasteiger partial charge on any atom is 0.490 e. The zero-order chi connectivity index (χ0) is 62.6. The van der Waals surface area contributed by atoms with E-state index in [1.165, 1.54) is 39.8 Å². The molecule has 2 unspecified atom stereocenters. The minimum atomic E-state index is -5.83. The Morgan fingerprint density at radius 2 is 1.74 bits per heavy atom. The number of urea groups is 1. The maximum atomic E-state index is 13.6. The SMILES string of the molecule is CC/N=c1/cc2oc3cc(NCC)c(C)cc3c(-c3cc(C(=O)NCCSSCOCCCCCNC(=O)NCC#Cc4cn([C@H]5C[C@H](/C=C/OCN=[N+]=[N-])[C@@H](COP(=O)(O)OP(=O)(O)OP(=O)(O)O)O5)c(=O)[nH]c4=O)ccc3C(=O)O)c-2cc1C. The largest absolute Gasteiger partial charge is 0.495 e. The molecule has 1 aliphatic carbocycles. The van der Waals surface area contributed by atoms with Gasteiger partial charge in [0.15, 0.2) is 6.73 Å². The third-order valence-corrected chi connectivity index (χ3v) is 18.2. The molecule has 1 fully saturated rings. The number of carbonyl (C=O) groups is 3. The van der Waals surface area contributed by atoms with Gasteiger partial charge in [-0.2, -0.15) is 8.62 Å². The summed E-state index contributed by atoms with van der Waals surface area (Å²) in [6.45, 7) is 8.75. The van der Waals surface area contributed by atoms with E-state index in [0.717, 1.165) is 52.0 Å². The third kappa shape index (κ3) is 20.4. The van der Waals surface area contributed by atoms with Crippen LogP contribution in [0.15, 0.2) is 85.1 Å². The average molecular weight is 1290 g/mol. The zero-order valence-electron chi connectivity index (χ0n) is 46.7. The quantitative estimate of drug-likeness (QED) is 0.00198. The van der Waals surface area contributed by atoms with Crippen molar-refractivity contribution in [1.82, 2.24) is 25.5 Å². The van der Waals surface area contributed by atoms with Gasteiger partial charge in [-0.15, -0.1) is 0 Å². The van der Waals surface area contributed by atoms with Crippen LogP contribution in [0.5, 0.6) is 0 Å². The van der Waals surface area contributed by atoms with Gasteiger partial charge < -0.3 is 64.6 Å². The lowest BCUT2D eigenvalue weighted by Gasteiger charge is -2.20. The van der Waals surface area contributed by atoms with Crippen LogP contribution in [0.1, 0.15) is 83.2 Å². The van der Waals surface area contributed by atoms with Gasteiger partial charge in [-0.25, -0.2) is 28.1 Å². The first-order valence-corrected chi connectivity index (χ1v) is 33.3. The Morgan fingerprint density at radius 1 is 0.953 bits per heavy atom. The molecule has 5 atom stereocenters. The Morgan fingerprint density at radius 3 is 2.48 bits per heavy atom. The molecule has 0 bridgehead atoms. The number of carboxylic acids is 1. The molecule has 3 amide bonds. The standard InChI is InChI=1S/C51H63N10O20P3S2/c1-5-53-40-25-42-38(21-31(40)3)46(39-22-32(4)41(54-6-2)26-43(39)78-42)37-23-34(12-13-36(37)49(64)65)47(62)55-17-20-85-86-30-76-18-9-7-8-15-56-50(66)57-16-10-11-35-27-61(51(67)59-48(35)63)45-24-33(14-19-75-29-58-60-52)44(79-45)28-77-83(71,72)81-84(73,74)80-82(68,69)70/h12-14,19,21-23,25-27,33,44-45,53H,5-9,15-18,20,24,28-30H2,1-4H3,(H,55,62)(H,64,65)(H,71,72)(H,73,74)(H2,56,57,66)(H,59,63,67)(H2,68,69,70)/b19-14+,54-41-/t33-,44+,45+/m0/s1. The van der Waals surface area contributed by atoms with Crippen LogP contribution in [0.4, 0.5) is 10.5 Å². The number of benzene rings is 3. The fourth-order valence-corrected chi connectivity index (χ4v) is 13.2. The molecule has 3 aromatic rings. The van der Waals surface area contributed by atoms with Crippen LogP contribution in [-0.4, -0.2) is 123 Å². The van der Waals surface area contributed by atoms with Gasteiger partial charge in [0.2, 0.25) is 0 Å². The summed E-state index contributed by atoms with van der Waals surface area (Å²) >= 11 is 0. The molecule has 0 radical (unpaired) electrons. The van der Waals surface area contributed by atoms with Gasteiger partial charge in [0.05, 0.1) is 36.4 Å². The fourth-order valence-electron chi connectivity index (χ4n) is 8.61. The van der Waals surface area contributed by atoms with E-state index in [-0.39, 0.29) is 30.0 Å². The van der Waals surface area contributed by atoms with E-state index in [9.17, 15) is 52.6 Å². The number of anilines is 1. The van der Waals surface area contributed by atoms with Crippen LogP contribution in [-0.2, 0) is 41.1 Å². The van der Waals surface area contributed by atoms with Gasteiger partial charge >= 0.3 is 41.2 Å². The van der Waals surface area contributed by atoms with Crippen molar-refractivity contribution in [2.75, 3.05) is 69.7 Å². The van der Waals surface area contributed by atoms with Crippen molar-refractivity contribution < 1.29 is 84.5 Å². The van der Waals surface area contributed by atoms with Crippen molar-refractivity contribution in [2.24, 2.45) is 16.0 Å². The number of hydrogen-bond donors (Lipinski definition) is 10. The molecule has 86 heavy (non-hydrogen) atoms. The van der Waals surface area contributed by atoms with Crippen molar-refractivity contribution in [2.45, 2.75) is 65.7 Å². The Hall–Kier alpha value is -6.74. The van der Waals surface area contributed by atoms with E-state index in [4.69, 9.17) is 38.5 Å². The second-order valence-electron chi connectivity index (χ2n) is 18.5. The first-order valence-electron chi connectivity index (χ1n) is 26.3. The van der Waals surface area contributed by atoms with Crippen LogP contribution < -0.4 is 37.9 Å². The van der Waals surface area contributed by atoms with Crippen molar-refractivity contribution in [3.05, 3.63) is 125 Å². The number of rotatable bonds is 31. The number of amides is 3. The van der Waals surface area contributed by atoms with Gasteiger partial charge in [-0.05, 0) is 106 Å². The number of unbranched alkanes of at least 4 members (excludes halogenated alkanes) is 2. The Bertz CT molecular complexity index is 3730. The molecular formula is C51H63N10O20P3S2. The predicted octanol–water partition coefficient (Wildman–Crippen LogP) is 7.37. The fraction of sp³-hybridized carbons (Fsp3) is 0.412. The molecule has 35 heteroatoms. The number of aryl methyl sites for hydroxylation is 2. The highest BCUT2D eigenvalue weighted by molar-refractivity contribution is 8.76. The van der Waals surface area contributed by atoms with Crippen molar-refractivity contribution in [3.63, 3.8) is 0 Å². The van der Waals surface area contributed by atoms with Crippen molar-refractivity contribution in [1.29, 1.82) is 0 Å². The van der Waals surface area contributed by atoms with Gasteiger partial charge in [0.1, 0.15) is 29.1 Å². The molecule has 2 aromatic carbocycles. The van der Waals surface area contributed by atoms with Gasteiger partial charge in [-0.1, -0.05) is 38.5 Å². The number of fused-ring (bicyclic) bond motifs is 2. The summed E-state index contributed by atoms with van der Waals surface area (Å²) in [7, 11) is -14.1. The number of H-pyrrole nitrogens is 1. The molecule has 3 aliphatic rings. The number of aromatic amines is 1. The van der Waals surface area contributed by atoms with E-state index in [1.54, 1.807) is 6.07 Å². The van der Waals surface area contributed by atoms with E-state index < -0.39 is 78.3 Å². The molecule has 464 valence electrons. The number of hydrogen-bond acceptors (Lipinski definition) is 20. The third-order valence-electron chi connectivity index (χ3n) is 12.4. The van der Waals surface area contributed by atoms with Crippen molar-refractivity contribution in [3.8, 4) is 34.3 Å². The summed E-state index contributed by atoms with van der Waals surface area (Å²) in [6.07, 6.45) is 3.07. The number of nitrogens with one attached hydrogen (secondary N) is 5. The van der Waals surface area contributed by atoms with Crippen LogP contribution in [0.25, 0.3) is 43.9 Å². The average Bonchev–Trinajstić information content (AvgIpc) is 0.948. The molecule has 2 aliphatic heterocycles. The van der Waals surface area contributed by atoms with Crippen LogP contribution in [0.2, 0.25) is 0 Å². The Balaban J connectivity index is 0.905. The van der Waals surface area contributed by atoms with E-state index in [1.807, 2.05) is 52.0 Å². The number of aromatic carboxylic acids is 1. The first kappa shape index (κ1) is 68.4. The number of phosphoric acid groups is 3. The number of ether oxygens (including phenoxy) is 3. The number of nitrogens with zero attached hydrogens (tertiary/aromatic N) is 5. The Kier molecular flexibility index (Phi) is 25.7. The maximum absolute atomic E-state index is 13.6. The summed E-state index contributed by atoms with van der Waals surface area (Å²) in [4.78, 5) is 111. The molecule has 10 N–H and O–H groups in total. The number of phosphoric ester groups is 1. The van der Waals surface area contributed by atoms with Crippen LogP contribution in [0, 0.1) is 31.6 Å². The summed E-state index contributed by atoms with van der Waals surface area (Å²) in [5, 5.41) is 26.6. The Labute approximate surface area is 498 Å². The topological polar surface area (TPSA) is 436 Å². The van der Waals surface area contributed by atoms with Gasteiger partial charge in [0.25, 0.3) is 11.5 Å². The normalized spacial score (nSPS) is 16.7. The molecule has 30 nitrogen and oxygen atoms in total. The molecule has 3 heterocycles. The second-order valence-corrected chi connectivity index (χ2v) is 25.5. The lowest BCUT2D eigenvalue weighted by Crippen LogP contribution is -2.36. The lowest BCUT2D eigenvalue weighted by atomic mass is 9.88. The van der Waals surface area contributed by atoms with Crippen LogP contribution >= 0.6 is 45.1 Å². The summed E-state index contributed by atoms with van der Waals surface area (Å²) in [6, 6.07) is 11.7. The molecule has 6 rings (SSSR count). The molecular weight excluding hydrogens is 1230 g/mol. The van der Waals surface area contributed by atoms with Gasteiger partial charge in [-0.3, -0.25) is 28.7 Å². The summed E-state index contributed by atoms with van der Waals surface area (Å²) in [5.41, 5.74) is 11.7. The number of carboxylic acid groups (broad SMARTS) is 1. The van der Waals surface area contributed by atoms with Gasteiger partial charge in [0, 0.05) is 102 Å². The monoisotopic (exact) mass is 1290 g/mol. The number of azide groups is 1. The highest BCUT2D eigenvalue weighted by Gasteiger charge is 2.43. The number of carbonyl (C=O) groups excluding carboxylic acids is 2. The minimum absolute atomic E-state index is 0.0362. The first-order chi connectivity index (χ1) is 40.9.